The average Bonchev–Trinajstić information content (AvgIpc) is 2.32. The van der Waals surface area contributed by atoms with E-state index in [9.17, 15) is 0 Å². The zero-order valence-electron chi connectivity index (χ0n) is 14.9. The van der Waals surface area contributed by atoms with Crippen molar-refractivity contribution in [1.82, 2.24) is 5.32 Å². The van der Waals surface area contributed by atoms with E-state index in [0.29, 0.717) is 0 Å². The number of rotatable bonds is 3. The van der Waals surface area contributed by atoms with E-state index in [1.165, 1.54) is 12.8 Å². The maximum Gasteiger partial charge on any atom is 0.483 e. The van der Waals surface area contributed by atoms with Gasteiger partial charge >= 0.3 is 17.3 Å². The van der Waals surface area contributed by atoms with Crippen LogP contribution in [0.1, 0.15) is 40.5 Å². The monoisotopic (exact) mass is 353 g/mol. The molecule has 0 aliphatic rings. The Kier molecular flexibility index (Phi) is 50.5. The van der Waals surface area contributed by atoms with Gasteiger partial charge in [0, 0.05) is 21.3 Å². The van der Waals surface area contributed by atoms with Crippen LogP contribution in [0.5, 0.6) is 0 Å². The molecule has 0 aromatic heterocycles. The van der Waals surface area contributed by atoms with E-state index < -0.39 is 17.3 Å². The van der Waals surface area contributed by atoms with Crippen molar-refractivity contribution in [2.45, 2.75) is 40.5 Å². The molecule has 0 bridgehead atoms. The molecular weight excluding hydrogens is 317 g/mol. The summed E-state index contributed by atoms with van der Waals surface area (Å²) >= 11 is 0. The van der Waals surface area contributed by atoms with Gasteiger partial charge in [-0.3, -0.25) is 0 Å². The maximum atomic E-state index is 8.88. The molecule has 0 fully saturated rings. The normalized spacial score (nSPS) is 8.81. The Morgan fingerprint density at radius 1 is 0.857 bits per heavy atom. The molecule has 0 aliphatic heterocycles. The number of hydrogen-bond acceptors (Lipinski definition) is 5. The van der Waals surface area contributed by atoms with Crippen LogP contribution in [0.2, 0.25) is 0 Å². The van der Waals surface area contributed by atoms with Gasteiger partial charge in [0.05, 0.1) is 0 Å². The van der Waals surface area contributed by atoms with Gasteiger partial charge in [0.15, 0.2) is 0 Å². The maximum absolute atomic E-state index is 8.88. The zero-order valence-corrected chi connectivity index (χ0v) is 17.0. The first kappa shape index (κ1) is 32.9. The minimum atomic E-state index is -4.64. The van der Waals surface area contributed by atoms with Gasteiger partial charge in [-0.25, -0.2) is 4.57 Å². The van der Waals surface area contributed by atoms with E-state index >= 15 is 0 Å². The Balaban J connectivity index is -0.0000000540. The average molecular weight is 353 g/mol. The lowest BCUT2D eigenvalue weighted by atomic mass is 10.6. The van der Waals surface area contributed by atoms with Gasteiger partial charge in [-0.15, -0.1) is 0 Å². The highest BCUT2D eigenvalue weighted by Gasteiger charge is 2.04. The summed E-state index contributed by atoms with van der Waals surface area (Å²) in [6.45, 7) is 8.50. The van der Waals surface area contributed by atoms with E-state index in [-0.39, 0.29) is 0 Å². The Bertz CT molecular complexity index is 161. The smallest absolute Gasteiger partial charge is 0.379 e. The minimum absolute atomic E-state index is 1.25. The molecule has 0 heterocycles. The topological polar surface area (TPSA) is 117 Å². The summed E-state index contributed by atoms with van der Waals surface area (Å²) in [5.74, 6) is 0. The molecule has 0 amide bonds. The van der Waals surface area contributed by atoms with Crippen LogP contribution in [0, 0.1) is 0 Å². The third kappa shape index (κ3) is 175. The van der Waals surface area contributed by atoms with Crippen LogP contribution < -0.4 is 5.32 Å². The van der Waals surface area contributed by atoms with Crippen LogP contribution in [-0.2, 0) is 17.8 Å². The van der Waals surface area contributed by atoms with E-state index in [4.69, 9.17) is 32.5 Å². The molecular formula is C11H36NO7PSi. The van der Waals surface area contributed by atoms with Crippen molar-refractivity contribution >= 4 is 17.3 Å². The molecule has 21 heavy (non-hydrogen) atoms. The highest BCUT2D eigenvalue weighted by atomic mass is 31.2. The van der Waals surface area contributed by atoms with Crippen LogP contribution >= 0.6 is 7.82 Å². The Labute approximate surface area is 132 Å². The Hall–Kier alpha value is 0.167. The third-order valence-electron chi connectivity index (χ3n) is 0.577. The Morgan fingerprint density at radius 3 is 0.952 bits per heavy atom. The van der Waals surface area contributed by atoms with Crippen molar-refractivity contribution in [2.75, 3.05) is 35.4 Å². The van der Waals surface area contributed by atoms with E-state index in [1.807, 2.05) is 14.1 Å². The molecule has 0 saturated carbocycles. The lowest BCUT2D eigenvalue weighted by Gasteiger charge is -2.05. The zero-order chi connectivity index (χ0) is 18.3. The number of phosphoric acid groups is 1. The molecule has 0 aromatic carbocycles. The fourth-order valence-electron chi connectivity index (χ4n) is 0.289. The highest BCUT2D eigenvalue weighted by molar-refractivity contribution is 7.45. The van der Waals surface area contributed by atoms with Crippen LogP contribution in [0.25, 0.3) is 0 Å². The summed E-state index contributed by atoms with van der Waals surface area (Å²) in [6, 6.07) is 0. The molecule has 0 unspecified atom stereocenters. The number of nitrogens with one attached hydrogen (secondary N) is 1. The largest absolute Gasteiger partial charge is 0.483 e. The summed E-state index contributed by atoms with van der Waals surface area (Å²) in [5.41, 5.74) is 0. The second-order valence-corrected chi connectivity index (χ2v) is 6.44. The predicted octanol–water partition coefficient (Wildman–Crippen LogP) is 1.38. The van der Waals surface area contributed by atoms with Crippen molar-refractivity contribution in [3.8, 4) is 0 Å². The van der Waals surface area contributed by atoms with E-state index in [0.717, 1.165) is 0 Å². The van der Waals surface area contributed by atoms with Gasteiger partial charge < -0.3 is 33.3 Å². The SMILES string of the molecule is CCC.CCC.CNC.CO[SiH](OC)OC.O=P(O)(O)O. The van der Waals surface area contributed by atoms with Crippen molar-refractivity contribution in [2.24, 2.45) is 0 Å². The van der Waals surface area contributed by atoms with Crippen LogP contribution in [0.15, 0.2) is 0 Å². The lowest BCUT2D eigenvalue weighted by molar-refractivity contribution is 0.163. The van der Waals surface area contributed by atoms with Crippen molar-refractivity contribution < 1.29 is 32.5 Å². The van der Waals surface area contributed by atoms with Crippen LogP contribution in [0.3, 0.4) is 0 Å². The van der Waals surface area contributed by atoms with Crippen LogP contribution in [-0.4, -0.2) is 59.6 Å². The second-order valence-electron chi connectivity index (χ2n) is 3.42. The highest BCUT2D eigenvalue weighted by Crippen LogP contribution is 2.25. The second kappa shape index (κ2) is 32.2. The van der Waals surface area contributed by atoms with Gasteiger partial charge in [0.1, 0.15) is 0 Å². The van der Waals surface area contributed by atoms with E-state index in [1.54, 1.807) is 21.3 Å². The molecule has 10 heteroatoms. The molecule has 0 saturated heterocycles. The van der Waals surface area contributed by atoms with Crippen molar-refractivity contribution in [3.63, 3.8) is 0 Å². The molecule has 0 aliphatic carbocycles. The van der Waals surface area contributed by atoms with Gasteiger partial charge in [0.2, 0.25) is 0 Å². The van der Waals surface area contributed by atoms with Crippen molar-refractivity contribution in [1.29, 1.82) is 0 Å². The minimum Gasteiger partial charge on any atom is -0.379 e. The molecule has 136 valence electrons. The lowest BCUT2D eigenvalue weighted by Crippen LogP contribution is -2.21. The summed E-state index contributed by atoms with van der Waals surface area (Å²) in [6.07, 6.45) is 2.50. The summed E-state index contributed by atoms with van der Waals surface area (Å²) in [7, 11) is 2.16. The van der Waals surface area contributed by atoms with Crippen molar-refractivity contribution in [3.05, 3.63) is 0 Å². The molecule has 4 N–H and O–H groups in total. The molecule has 0 spiro atoms. The van der Waals surface area contributed by atoms with Gasteiger partial charge in [-0.1, -0.05) is 40.5 Å². The quantitative estimate of drug-likeness (QED) is 0.444. The summed E-state index contributed by atoms with van der Waals surface area (Å²) in [5, 5.41) is 2.75. The fraction of sp³-hybridized carbons (Fsp3) is 1.00. The number of hydrogen-bond donors (Lipinski definition) is 4. The molecule has 8 nitrogen and oxygen atoms in total. The first-order valence-corrected chi connectivity index (χ1v) is 9.52. The molecule has 0 aromatic rings. The molecule has 0 atom stereocenters. The fourth-order valence-corrected chi connectivity index (χ4v) is 0.866. The molecule has 0 rings (SSSR count). The standard InChI is InChI=1S/C3H10O3Si.2C3H8.C2H7N.H3O4P/c1-4-7(5-2)6-3;3*1-3-2;1-5(2,3)4/h7H,1-3H3;2*3H2,1-2H3;3H,1-2H3;(H3,1,2,3,4). The Morgan fingerprint density at radius 2 is 0.952 bits per heavy atom. The first-order chi connectivity index (χ1) is 9.59. The summed E-state index contributed by atoms with van der Waals surface area (Å²) in [4.78, 5) is 21.6. The summed E-state index contributed by atoms with van der Waals surface area (Å²) < 4.78 is 23.1. The van der Waals surface area contributed by atoms with Gasteiger partial charge in [-0.2, -0.15) is 0 Å². The van der Waals surface area contributed by atoms with Gasteiger partial charge in [-0.05, 0) is 14.1 Å². The van der Waals surface area contributed by atoms with Gasteiger partial charge in [0.25, 0.3) is 0 Å². The predicted molar refractivity (Wildman–Crippen MR) is 89.4 cm³/mol. The van der Waals surface area contributed by atoms with Crippen LogP contribution in [0.4, 0.5) is 0 Å². The first-order valence-electron chi connectivity index (χ1n) is 6.54. The van der Waals surface area contributed by atoms with E-state index in [2.05, 4.69) is 33.0 Å². The molecule has 0 radical (unpaired) electrons. The third-order valence-corrected chi connectivity index (χ3v) is 1.73.